The molecular weight excluding hydrogens is 362 g/mol. The van der Waals surface area contributed by atoms with Gasteiger partial charge < -0.3 is 9.64 Å². The molecule has 1 aromatic carbocycles. The summed E-state index contributed by atoms with van der Waals surface area (Å²) in [4.78, 5) is 32.7. The van der Waals surface area contributed by atoms with Crippen molar-refractivity contribution in [3.63, 3.8) is 0 Å². The summed E-state index contributed by atoms with van der Waals surface area (Å²) in [6, 6.07) is 7.57. The third-order valence-electron chi connectivity index (χ3n) is 4.70. The molecule has 0 bridgehead atoms. The number of aromatic nitrogens is 2. The van der Waals surface area contributed by atoms with Crippen LogP contribution in [0, 0.1) is 6.92 Å². The maximum Gasteiger partial charge on any atom is 0.263 e. The van der Waals surface area contributed by atoms with Crippen molar-refractivity contribution < 1.29 is 9.53 Å². The highest BCUT2D eigenvalue weighted by atomic mass is 32.1. The summed E-state index contributed by atoms with van der Waals surface area (Å²) in [6.07, 6.45) is 0. The van der Waals surface area contributed by atoms with Crippen molar-refractivity contribution in [3.05, 3.63) is 45.8 Å². The summed E-state index contributed by atoms with van der Waals surface area (Å²) in [5.74, 6) is 1.23. The van der Waals surface area contributed by atoms with E-state index in [1.54, 1.807) is 18.9 Å². The second-order valence-electron chi connectivity index (χ2n) is 6.17. The number of hydrogen-bond donors (Lipinski definition) is 0. The Kier molecular flexibility index (Phi) is 5.60. The van der Waals surface area contributed by atoms with E-state index in [0.717, 1.165) is 16.9 Å². The van der Waals surface area contributed by atoms with Gasteiger partial charge in [0.15, 0.2) is 0 Å². The highest BCUT2D eigenvalue weighted by Gasteiger charge is 2.18. The molecule has 0 saturated heterocycles. The predicted octanol–water partition coefficient (Wildman–Crippen LogP) is 3.31. The molecule has 3 rings (SSSR count). The molecule has 27 heavy (non-hydrogen) atoms. The third kappa shape index (κ3) is 3.60. The van der Waals surface area contributed by atoms with Gasteiger partial charge in [-0.1, -0.05) is 12.1 Å². The van der Waals surface area contributed by atoms with Gasteiger partial charge in [-0.05, 0) is 38.5 Å². The zero-order chi connectivity index (χ0) is 19.6. The Balaban J connectivity index is 2.09. The Morgan fingerprint density at radius 3 is 2.48 bits per heavy atom. The van der Waals surface area contributed by atoms with Crippen LogP contribution in [0.5, 0.6) is 5.75 Å². The molecule has 2 heterocycles. The summed E-state index contributed by atoms with van der Waals surface area (Å²) >= 11 is 1.44. The summed E-state index contributed by atoms with van der Waals surface area (Å²) in [5, 5.41) is 2.50. The number of nitrogens with zero attached hydrogens (tertiary/aromatic N) is 3. The van der Waals surface area contributed by atoms with E-state index in [2.05, 4.69) is 4.98 Å². The van der Waals surface area contributed by atoms with Crippen LogP contribution in [0.25, 0.3) is 21.3 Å². The molecule has 7 heteroatoms. The highest BCUT2D eigenvalue weighted by Crippen LogP contribution is 2.31. The molecule has 0 atom stereocenters. The van der Waals surface area contributed by atoms with Crippen LogP contribution in [0.3, 0.4) is 0 Å². The molecule has 6 nitrogen and oxygen atoms in total. The average molecular weight is 385 g/mol. The molecule has 0 radical (unpaired) electrons. The number of ether oxygens (including phenoxy) is 1. The molecule has 3 aromatic rings. The van der Waals surface area contributed by atoms with E-state index in [1.165, 1.54) is 15.9 Å². The van der Waals surface area contributed by atoms with Crippen molar-refractivity contribution in [3.8, 4) is 16.9 Å². The van der Waals surface area contributed by atoms with Crippen molar-refractivity contribution in [1.82, 2.24) is 14.5 Å². The van der Waals surface area contributed by atoms with Crippen LogP contribution in [-0.4, -0.2) is 40.6 Å². The van der Waals surface area contributed by atoms with Crippen LogP contribution in [-0.2, 0) is 11.3 Å². The molecule has 0 aliphatic heterocycles. The Hall–Kier alpha value is -2.67. The number of methoxy groups -OCH3 is 1. The number of thiophene rings is 1. The smallest absolute Gasteiger partial charge is 0.263 e. The van der Waals surface area contributed by atoms with Gasteiger partial charge in [-0.25, -0.2) is 4.98 Å². The predicted molar refractivity (Wildman–Crippen MR) is 109 cm³/mol. The lowest BCUT2D eigenvalue weighted by Crippen LogP contribution is -2.37. The Labute approximate surface area is 162 Å². The molecule has 2 aromatic heterocycles. The second-order valence-corrected chi connectivity index (χ2v) is 7.03. The fourth-order valence-corrected chi connectivity index (χ4v) is 4.09. The zero-order valence-electron chi connectivity index (χ0n) is 16.0. The molecule has 0 N–H and O–H groups in total. The molecular formula is C20H23N3O3S. The third-order valence-corrected chi connectivity index (χ3v) is 5.57. The minimum absolute atomic E-state index is 0.00713. The molecule has 0 fully saturated rings. The number of benzene rings is 1. The van der Waals surface area contributed by atoms with Crippen LogP contribution in [0.2, 0.25) is 0 Å². The lowest BCUT2D eigenvalue weighted by molar-refractivity contribution is -0.131. The number of likely N-dealkylation sites (N-methyl/N-ethyl adjacent to an activating group) is 1. The average Bonchev–Trinajstić information content (AvgIpc) is 3.10. The first-order chi connectivity index (χ1) is 13.0. The van der Waals surface area contributed by atoms with E-state index in [-0.39, 0.29) is 18.0 Å². The van der Waals surface area contributed by atoms with Gasteiger partial charge in [0.25, 0.3) is 5.56 Å². The van der Waals surface area contributed by atoms with Crippen molar-refractivity contribution in [2.75, 3.05) is 20.2 Å². The van der Waals surface area contributed by atoms with E-state index in [4.69, 9.17) is 4.74 Å². The number of hydrogen-bond acceptors (Lipinski definition) is 5. The first kappa shape index (κ1) is 19.1. The first-order valence-electron chi connectivity index (χ1n) is 8.90. The van der Waals surface area contributed by atoms with Crippen molar-refractivity contribution >= 4 is 27.5 Å². The maximum absolute atomic E-state index is 13.2. The molecule has 0 aliphatic rings. The van der Waals surface area contributed by atoms with E-state index in [9.17, 15) is 9.59 Å². The molecule has 0 aliphatic carbocycles. The minimum Gasteiger partial charge on any atom is -0.497 e. The van der Waals surface area contributed by atoms with Crippen LogP contribution in [0.15, 0.2) is 34.4 Å². The van der Waals surface area contributed by atoms with E-state index < -0.39 is 0 Å². The number of fused-ring (bicyclic) bond motifs is 1. The normalized spacial score (nSPS) is 11.0. The molecule has 0 spiro atoms. The zero-order valence-corrected chi connectivity index (χ0v) is 16.8. The SMILES string of the molecule is CCN(CC)C(=O)Cn1c(C)nc2scc(-c3ccc(OC)cc3)c2c1=O. The second kappa shape index (κ2) is 7.92. The minimum atomic E-state index is -0.176. The lowest BCUT2D eigenvalue weighted by atomic mass is 10.1. The summed E-state index contributed by atoms with van der Waals surface area (Å²) in [6.45, 7) is 6.87. The highest BCUT2D eigenvalue weighted by molar-refractivity contribution is 7.17. The number of carbonyl (C=O) groups excluding carboxylic acids is 1. The van der Waals surface area contributed by atoms with Gasteiger partial charge in [-0.2, -0.15) is 0 Å². The number of carbonyl (C=O) groups is 1. The topological polar surface area (TPSA) is 64.4 Å². The van der Waals surface area contributed by atoms with Crippen molar-refractivity contribution in [1.29, 1.82) is 0 Å². The maximum atomic E-state index is 13.2. The van der Waals surface area contributed by atoms with Crippen LogP contribution >= 0.6 is 11.3 Å². The standard InChI is InChI=1S/C20H23N3O3S/c1-5-22(6-2)17(24)11-23-13(3)21-19-18(20(23)25)16(12-27-19)14-7-9-15(26-4)10-8-14/h7-10,12H,5-6,11H2,1-4H3. The number of amides is 1. The van der Waals surface area contributed by atoms with Gasteiger partial charge in [0, 0.05) is 24.0 Å². The van der Waals surface area contributed by atoms with Crippen molar-refractivity contribution in [2.45, 2.75) is 27.3 Å². The largest absolute Gasteiger partial charge is 0.497 e. The Bertz CT molecular complexity index is 1020. The fourth-order valence-electron chi connectivity index (χ4n) is 3.11. The Morgan fingerprint density at radius 2 is 1.89 bits per heavy atom. The number of rotatable bonds is 6. The summed E-state index contributed by atoms with van der Waals surface area (Å²) in [7, 11) is 1.62. The van der Waals surface area contributed by atoms with Crippen LogP contribution in [0.1, 0.15) is 19.7 Å². The monoisotopic (exact) mass is 385 g/mol. The fraction of sp³-hybridized carbons (Fsp3) is 0.350. The van der Waals surface area contributed by atoms with Crippen LogP contribution in [0.4, 0.5) is 0 Å². The van der Waals surface area contributed by atoms with Gasteiger partial charge >= 0.3 is 0 Å². The first-order valence-corrected chi connectivity index (χ1v) is 9.78. The van der Waals surface area contributed by atoms with Gasteiger partial charge in [0.2, 0.25) is 5.91 Å². The molecule has 0 unspecified atom stereocenters. The lowest BCUT2D eigenvalue weighted by Gasteiger charge is -2.19. The summed E-state index contributed by atoms with van der Waals surface area (Å²) < 4.78 is 6.68. The molecule has 142 valence electrons. The van der Waals surface area contributed by atoms with E-state index >= 15 is 0 Å². The number of aryl methyl sites for hydroxylation is 1. The van der Waals surface area contributed by atoms with E-state index in [1.807, 2.05) is 43.5 Å². The molecule has 1 amide bonds. The van der Waals surface area contributed by atoms with Crippen LogP contribution < -0.4 is 10.3 Å². The Morgan fingerprint density at radius 1 is 1.22 bits per heavy atom. The van der Waals surface area contributed by atoms with Gasteiger partial charge in [0.1, 0.15) is 22.9 Å². The van der Waals surface area contributed by atoms with Gasteiger partial charge in [-0.15, -0.1) is 11.3 Å². The quantitative estimate of drug-likeness (QED) is 0.653. The summed E-state index contributed by atoms with van der Waals surface area (Å²) in [5.41, 5.74) is 1.58. The van der Waals surface area contributed by atoms with Gasteiger partial charge in [0.05, 0.1) is 12.5 Å². The molecule has 0 saturated carbocycles. The van der Waals surface area contributed by atoms with E-state index in [0.29, 0.717) is 29.1 Å². The van der Waals surface area contributed by atoms with Gasteiger partial charge in [-0.3, -0.25) is 14.2 Å². The van der Waals surface area contributed by atoms with Crippen molar-refractivity contribution in [2.24, 2.45) is 0 Å².